The third kappa shape index (κ3) is 5.06. The summed E-state index contributed by atoms with van der Waals surface area (Å²) in [7, 11) is 0. The van der Waals surface area contributed by atoms with Crippen molar-refractivity contribution in [3.63, 3.8) is 0 Å². The van der Waals surface area contributed by atoms with E-state index in [1.165, 1.54) is 24.0 Å². The molecular formula is C30H29ClFN9. The molecule has 2 aromatic carbocycles. The highest BCUT2D eigenvalue weighted by atomic mass is 35.5. The van der Waals surface area contributed by atoms with E-state index in [1.54, 1.807) is 6.92 Å². The lowest BCUT2D eigenvalue weighted by Crippen LogP contribution is -2.41. The predicted molar refractivity (Wildman–Crippen MR) is 160 cm³/mol. The molecule has 5 N–H and O–H groups in total. The highest BCUT2D eigenvalue weighted by molar-refractivity contribution is 6.36. The van der Waals surface area contributed by atoms with Crippen molar-refractivity contribution in [2.75, 3.05) is 22.5 Å². The number of hydrogen-bond acceptors (Lipinski definition) is 9. The number of benzene rings is 2. The third-order valence-corrected chi connectivity index (χ3v) is 7.63. The van der Waals surface area contributed by atoms with E-state index in [0.29, 0.717) is 38.6 Å². The van der Waals surface area contributed by atoms with Crippen LogP contribution in [0.2, 0.25) is 5.02 Å². The third-order valence-electron chi connectivity index (χ3n) is 7.34. The zero-order valence-corrected chi connectivity index (χ0v) is 23.6. The van der Waals surface area contributed by atoms with Gasteiger partial charge in [0.05, 0.1) is 51.1 Å². The van der Waals surface area contributed by atoms with Gasteiger partial charge in [0.2, 0.25) is 0 Å². The maximum atomic E-state index is 14.3. The predicted octanol–water partition coefficient (Wildman–Crippen LogP) is 6.04. The van der Waals surface area contributed by atoms with Crippen LogP contribution >= 0.6 is 11.6 Å². The van der Waals surface area contributed by atoms with Crippen LogP contribution in [-0.4, -0.2) is 27.6 Å². The molecule has 9 nitrogen and oxygen atoms in total. The summed E-state index contributed by atoms with van der Waals surface area (Å²) >= 11 is 6.78. The number of pyridine rings is 2. The van der Waals surface area contributed by atoms with Crippen molar-refractivity contribution in [3.05, 3.63) is 93.9 Å². The van der Waals surface area contributed by atoms with E-state index in [9.17, 15) is 9.65 Å². The lowest BCUT2D eigenvalue weighted by atomic mass is 9.96. The average Bonchev–Trinajstić information content (AvgIpc) is 3.64. The van der Waals surface area contributed by atoms with E-state index in [4.69, 9.17) is 11.6 Å². The fourth-order valence-corrected chi connectivity index (χ4v) is 5.45. The summed E-state index contributed by atoms with van der Waals surface area (Å²) in [5.74, 6) is -0.443. The van der Waals surface area contributed by atoms with Crippen molar-refractivity contribution in [2.24, 2.45) is 0 Å². The van der Waals surface area contributed by atoms with E-state index in [2.05, 4.69) is 81.2 Å². The summed E-state index contributed by atoms with van der Waals surface area (Å²) in [6.45, 7) is 6.69. The molecule has 2 aliphatic rings. The Morgan fingerprint density at radius 2 is 2.00 bits per heavy atom. The average molecular weight is 570 g/mol. The van der Waals surface area contributed by atoms with Crippen molar-refractivity contribution >= 4 is 45.3 Å². The number of aryl methyl sites for hydroxylation is 1. The molecule has 0 amide bonds. The number of aromatic nitrogens is 2. The van der Waals surface area contributed by atoms with Crippen LogP contribution in [0.25, 0.3) is 10.9 Å². The fourth-order valence-electron chi connectivity index (χ4n) is 5.18. The Hall–Kier alpha value is -4.59. The summed E-state index contributed by atoms with van der Waals surface area (Å²) in [5, 5.41) is 23.3. The minimum Gasteiger partial charge on any atom is -0.384 e. The van der Waals surface area contributed by atoms with Gasteiger partial charge in [0, 0.05) is 47.8 Å². The largest absolute Gasteiger partial charge is 0.384 e. The van der Waals surface area contributed by atoms with Gasteiger partial charge in [0.25, 0.3) is 0 Å². The molecule has 41 heavy (non-hydrogen) atoms. The second-order valence-electron chi connectivity index (χ2n) is 10.4. The Labute approximate surface area is 242 Å². The highest BCUT2D eigenvalue weighted by Gasteiger charge is 2.28. The maximum Gasteiger partial charge on any atom is 0.146 e. The Morgan fingerprint density at radius 1 is 1.15 bits per heavy atom. The van der Waals surface area contributed by atoms with Gasteiger partial charge in [-0.2, -0.15) is 5.26 Å². The molecule has 0 bridgehead atoms. The van der Waals surface area contributed by atoms with Gasteiger partial charge in [-0.05, 0) is 56.5 Å². The van der Waals surface area contributed by atoms with E-state index in [1.807, 2.05) is 17.1 Å². The lowest BCUT2D eigenvalue weighted by Gasteiger charge is -2.24. The van der Waals surface area contributed by atoms with Crippen LogP contribution in [-0.2, 0) is 6.42 Å². The van der Waals surface area contributed by atoms with Gasteiger partial charge >= 0.3 is 0 Å². The maximum absolute atomic E-state index is 14.3. The van der Waals surface area contributed by atoms with Crippen molar-refractivity contribution in [1.29, 1.82) is 5.26 Å². The van der Waals surface area contributed by atoms with Crippen molar-refractivity contribution in [1.82, 2.24) is 25.9 Å². The molecule has 208 valence electrons. The van der Waals surface area contributed by atoms with E-state index in [0.717, 1.165) is 35.6 Å². The zero-order chi connectivity index (χ0) is 28.7. The SMILES string of the molecule is Cc1ncc(Nc2c(C#N)cnc3c(Cl)cc(N[C@H](C4=CN(C(C)C)NN4)c4cccc5c4CCN5)cc23)cc1F. The molecule has 6 rings (SSSR count). The fraction of sp³-hybridized carbons (Fsp3) is 0.233. The Balaban J connectivity index is 1.46. The number of nitrogens with one attached hydrogen (secondary N) is 5. The Bertz CT molecular complexity index is 1730. The first kappa shape index (κ1) is 26.6. The highest BCUT2D eigenvalue weighted by Crippen LogP contribution is 2.39. The number of halogens is 2. The number of fused-ring (bicyclic) bond motifs is 2. The van der Waals surface area contributed by atoms with Crippen LogP contribution < -0.4 is 26.9 Å². The van der Waals surface area contributed by atoms with Gasteiger partial charge in [-0.1, -0.05) is 23.7 Å². The van der Waals surface area contributed by atoms with E-state index in [-0.39, 0.29) is 12.1 Å². The molecule has 0 unspecified atom stereocenters. The molecule has 0 saturated carbocycles. The molecular weight excluding hydrogens is 541 g/mol. The van der Waals surface area contributed by atoms with Gasteiger partial charge in [0.15, 0.2) is 0 Å². The minimum atomic E-state index is -0.443. The molecule has 0 fully saturated rings. The molecule has 2 aliphatic heterocycles. The summed E-state index contributed by atoms with van der Waals surface area (Å²) in [5.41, 5.74) is 13.8. The monoisotopic (exact) mass is 569 g/mol. The number of nitrogens with zero attached hydrogens (tertiary/aromatic N) is 4. The summed E-state index contributed by atoms with van der Waals surface area (Å²) in [6, 6.07) is 13.6. The quantitative estimate of drug-likeness (QED) is 0.182. The van der Waals surface area contributed by atoms with Gasteiger partial charge in [-0.3, -0.25) is 15.0 Å². The van der Waals surface area contributed by atoms with E-state index >= 15 is 0 Å². The molecule has 0 radical (unpaired) electrons. The number of hydrazine groups is 2. The molecule has 0 aliphatic carbocycles. The Morgan fingerprint density at radius 3 is 2.76 bits per heavy atom. The van der Waals surface area contributed by atoms with Crippen molar-refractivity contribution in [2.45, 2.75) is 39.3 Å². The number of anilines is 4. The molecule has 1 atom stereocenters. The van der Waals surface area contributed by atoms with Gasteiger partial charge < -0.3 is 21.4 Å². The molecule has 4 aromatic rings. The van der Waals surface area contributed by atoms with Crippen LogP contribution in [0.4, 0.5) is 27.1 Å². The van der Waals surface area contributed by atoms with Crippen LogP contribution in [0.15, 0.2) is 60.7 Å². The van der Waals surface area contributed by atoms with Crippen LogP contribution in [0.3, 0.4) is 0 Å². The topological polar surface area (TPSA) is 113 Å². The normalized spacial score (nSPS) is 14.8. The number of hydrogen-bond donors (Lipinski definition) is 5. The summed E-state index contributed by atoms with van der Waals surface area (Å²) in [4.78, 5) is 8.56. The molecule has 11 heteroatoms. The Kier molecular flexibility index (Phi) is 6.99. The first-order valence-electron chi connectivity index (χ1n) is 13.4. The molecule has 0 saturated heterocycles. The lowest BCUT2D eigenvalue weighted by molar-refractivity contribution is 0.221. The molecule has 4 heterocycles. The first-order valence-corrected chi connectivity index (χ1v) is 13.8. The summed E-state index contributed by atoms with van der Waals surface area (Å²) in [6.07, 6.45) is 5.97. The second kappa shape index (κ2) is 10.8. The van der Waals surface area contributed by atoms with Crippen LogP contribution in [0.5, 0.6) is 0 Å². The number of rotatable bonds is 7. The minimum absolute atomic E-state index is 0.240. The number of nitriles is 1. The van der Waals surface area contributed by atoms with Gasteiger partial charge in [0.1, 0.15) is 11.9 Å². The van der Waals surface area contributed by atoms with Gasteiger partial charge in [-0.15, -0.1) is 5.53 Å². The zero-order valence-electron chi connectivity index (χ0n) is 22.8. The van der Waals surface area contributed by atoms with E-state index < -0.39 is 5.82 Å². The van der Waals surface area contributed by atoms with Crippen molar-refractivity contribution in [3.8, 4) is 6.07 Å². The second-order valence-corrected chi connectivity index (χ2v) is 10.8. The van der Waals surface area contributed by atoms with Crippen LogP contribution in [0, 0.1) is 24.1 Å². The first-order chi connectivity index (χ1) is 19.8. The summed E-state index contributed by atoms with van der Waals surface area (Å²) < 4.78 is 14.3. The molecule has 0 spiro atoms. The van der Waals surface area contributed by atoms with Crippen LogP contribution in [0.1, 0.15) is 42.3 Å². The smallest absolute Gasteiger partial charge is 0.146 e. The molecule has 2 aromatic heterocycles. The van der Waals surface area contributed by atoms with Crippen molar-refractivity contribution < 1.29 is 4.39 Å². The van der Waals surface area contributed by atoms with Gasteiger partial charge in [-0.25, -0.2) is 4.39 Å². The standard InChI is InChI=1S/C30H29ClFN9/c1-16(2)41-15-27(39-40-41)30(22-5-4-6-26-21(22)7-8-34-26)37-19-9-23-28(38-20-11-25(32)17(3)35-14-20)18(12-33)13-36-29(23)24(31)10-19/h4-6,9-11,13-16,30,34,37,39-40H,7-8H2,1-3H3,(H,36,38)/t30-/m0/s1.